The SMILES string of the molecule is COCc1nn2c(c1-c1ccccc1)NC(=O)C[C@@H]2C(=O)Nc1ccccc1Cl. The van der Waals surface area contributed by atoms with Gasteiger partial charge in [0.2, 0.25) is 11.8 Å². The molecular formula is C21H19ClN4O3. The number of aromatic nitrogens is 2. The van der Waals surface area contributed by atoms with Crippen molar-refractivity contribution in [2.45, 2.75) is 19.1 Å². The first-order chi connectivity index (χ1) is 14.1. The molecule has 0 aliphatic carbocycles. The molecule has 0 bridgehead atoms. The number of hydrogen-bond donors (Lipinski definition) is 2. The Morgan fingerprint density at radius 3 is 2.69 bits per heavy atom. The third kappa shape index (κ3) is 3.74. The fraction of sp³-hybridized carbons (Fsp3) is 0.190. The van der Waals surface area contributed by atoms with Crippen LogP contribution in [0.1, 0.15) is 18.2 Å². The second-order valence-electron chi connectivity index (χ2n) is 6.65. The molecule has 0 fully saturated rings. The molecule has 1 atom stereocenters. The van der Waals surface area contributed by atoms with Crippen LogP contribution in [0.3, 0.4) is 0 Å². The number of fused-ring (bicyclic) bond motifs is 1. The van der Waals surface area contributed by atoms with Crippen LogP contribution in [-0.2, 0) is 20.9 Å². The van der Waals surface area contributed by atoms with Crippen LogP contribution >= 0.6 is 11.6 Å². The monoisotopic (exact) mass is 410 g/mol. The van der Waals surface area contributed by atoms with Crippen molar-refractivity contribution in [1.82, 2.24) is 9.78 Å². The number of halogens is 1. The minimum atomic E-state index is -0.803. The van der Waals surface area contributed by atoms with E-state index in [1.54, 1.807) is 36.1 Å². The highest BCUT2D eigenvalue weighted by Gasteiger charge is 2.35. The standard InChI is InChI=1S/C21H19ClN4O3/c1-29-12-16-19(13-7-3-2-4-8-13)20-24-18(27)11-17(26(20)25-16)21(28)23-15-10-6-5-9-14(15)22/h2-10,17H,11-12H2,1H3,(H,23,28)(H,24,27)/t17-/m1/s1. The van der Waals surface area contributed by atoms with Crippen LogP contribution in [0.5, 0.6) is 0 Å². The summed E-state index contributed by atoms with van der Waals surface area (Å²) in [4.78, 5) is 25.4. The lowest BCUT2D eigenvalue weighted by molar-refractivity contribution is -0.125. The molecular weight excluding hydrogens is 392 g/mol. The van der Waals surface area contributed by atoms with E-state index in [1.165, 1.54) is 0 Å². The number of carbonyl (C=O) groups excluding carboxylic acids is 2. The van der Waals surface area contributed by atoms with Gasteiger partial charge in [-0.2, -0.15) is 5.10 Å². The van der Waals surface area contributed by atoms with Crippen molar-refractivity contribution in [3.63, 3.8) is 0 Å². The van der Waals surface area contributed by atoms with Crippen molar-refractivity contribution in [3.8, 4) is 11.1 Å². The maximum absolute atomic E-state index is 13.0. The van der Waals surface area contributed by atoms with Gasteiger partial charge in [0, 0.05) is 12.7 Å². The fourth-order valence-corrected chi connectivity index (χ4v) is 3.58. The largest absolute Gasteiger partial charge is 0.378 e. The molecule has 1 aromatic heterocycles. The zero-order chi connectivity index (χ0) is 20.4. The molecule has 4 rings (SSSR count). The number of anilines is 2. The molecule has 2 heterocycles. The zero-order valence-corrected chi connectivity index (χ0v) is 16.4. The highest BCUT2D eigenvalue weighted by molar-refractivity contribution is 6.33. The Morgan fingerprint density at radius 1 is 1.24 bits per heavy atom. The highest BCUT2D eigenvalue weighted by Crippen LogP contribution is 2.37. The second kappa shape index (κ2) is 8.06. The van der Waals surface area contributed by atoms with Crippen LogP contribution in [0.2, 0.25) is 5.02 Å². The van der Waals surface area contributed by atoms with Crippen molar-refractivity contribution in [3.05, 3.63) is 65.3 Å². The van der Waals surface area contributed by atoms with E-state index in [2.05, 4.69) is 15.7 Å². The van der Waals surface area contributed by atoms with Gasteiger partial charge in [0.05, 0.1) is 29.4 Å². The van der Waals surface area contributed by atoms with Gasteiger partial charge in [-0.25, -0.2) is 4.68 Å². The normalized spacial score (nSPS) is 15.5. The van der Waals surface area contributed by atoms with Crippen LogP contribution in [0.4, 0.5) is 11.5 Å². The molecule has 3 aromatic rings. The Balaban J connectivity index is 1.76. The van der Waals surface area contributed by atoms with Crippen LogP contribution in [0.25, 0.3) is 11.1 Å². The quantitative estimate of drug-likeness (QED) is 0.668. The minimum absolute atomic E-state index is 0.0222. The predicted molar refractivity (Wildman–Crippen MR) is 111 cm³/mol. The lowest BCUT2D eigenvalue weighted by Crippen LogP contribution is -2.36. The molecule has 29 heavy (non-hydrogen) atoms. The van der Waals surface area contributed by atoms with Gasteiger partial charge >= 0.3 is 0 Å². The third-order valence-corrected chi connectivity index (χ3v) is 5.02. The number of hydrogen-bond acceptors (Lipinski definition) is 4. The van der Waals surface area contributed by atoms with Gasteiger partial charge in [0.25, 0.3) is 0 Å². The number of carbonyl (C=O) groups is 2. The summed E-state index contributed by atoms with van der Waals surface area (Å²) >= 11 is 6.15. The first-order valence-corrected chi connectivity index (χ1v) is 9.47. The van der Waals surface area contributed by atoms with E-state index in [9.17, 15) is 9.59 Å². The molecule has 2 aromatic carbocycles. The molecule has 2 amide bonds. The summed E-state index contributed by atoms with van der Waals surface area (Å²) in [5, 5.41) is 10.7. The van der Waals surface area contributed by atoms with Crippen LogP contribution < -0.4 is 10.6 Å². The van der Waals surface area contributed by atoms with Gasteiger partial charge in [0.1, 0.15) is 11.9 Å². The van der Waals surface area contributed by atoms with Crippen molar-refractivity contribution >= 4 is 34.9 Å². The van der Waals surface area contributed by atoms with E-state index < -0.39 is 6.04 Å². The summed E-state index contributed by atoms with van der Waals surface area (Å²) < 4.78 is 6.85. The molecule has 0 radical (unpaired) electrons. The van der Waals surface area contributed by atoms with Gasteiger partial charge in [-0.1, -0.05) is 54.1 Å². The van der Waals surface area contributed by atoms with Crippen molar-refractivity contribution in [1.29, 1.82) is 0 Å². The molecule has 0 unspecified atom stereocenters. The fourth-order valence-electron chi connectivity index (χ4n) is 3.40. The lowest BCUT2D eigenvalue weighted by atomic mass is 10.0. The number of amides is 2. The van der Waals surface area contributed by atoms with E-state index in [1.807, 2.05) is 30.3 Å². The lowest BCUT2D eigenvalue weighted by Gasteiger charge is -2.24. The molecule has 2 N–H and O–H groups in total. The molecule has 7 nitrogen and oxygen atoms in total. The Kier molecular flexibility index (Phi) is 5.33. The first kappa shape index (κ1) is 19.2. The van der Waals surface area contributed by atoms with Gasteiger partial charge in [-0.05, 0) is 17.7 Å². The Labute approximate surface area is 172 Å². The molecule has 1 aliphatic rings. The van der Waals surface area contributed by atoms with Crippen LogP contribution in [0.15, 0.2) is 54.6 Å². The molecule has 0 spiro atoms. The maximum Gasteiger partial charge on any atom is 0.249 e. The Hall–Kier alpha value is -3.16. The minimum Gasteiger partial charge on any atom is -0.378 e. The maximum atomic E-state index is 13.0. The Bertz CT molecular complexity index is 1070. The summed E-state index contributed by atoms with van der Waals surface area (Å²) in [6.07, 6.45) is -0.0222. The van der Waals surface area contributed by atoms with E-state index in [4.69, 9.17) is 16.3 Å². The van der Waals surface area contributed by atoms with Crippen molar-refractivity contribution in [2.75, 3.05) is 17.7 Å². The van der Waals surface area contributed by atoms with Crippen molar-refractivity contribution < 1.29 is 14.3 Å². The van der Waals surface area contributed by atoms with Crippen molar-refractivity contribution in [2.24, 2.45) is 0 Å². The van der Waals surface area contributed by atoms with Gasteiger partial charge in [0.15, 0.2) is 0 Å². The smallest absolute Gasteiger partial charge is 0.249 e. The topological polar surface area (TPSA) is 85.2 Å². The molecule has 0 saturated heterocycles. The Morgan fingerprint density at radius 2 is 1.97 bits per heavy atom. The number of rotatable bonds is 5. The van der Waals surface area contributed by atoms with E-state index in [0.29, 0.717) is 22.2 Å². The van der Waals surface area contributed by atoms with E-state index in [0.717, 1.165) is 11.1 Å². The zero-order valence-electron chi connectivity index (χ0n) is 15.7. The van der Waals surface area contributed by atoms with Gasteiger partial charge in [-0.15, -0.1) is 0 Å². The summed E-state index contributed by atoms with van der Waals surface area (Å²) in [5.74, 6) is -0.128. The van der Waals surface area contributed by atoms with Crippen LogP contribution in [-0.4, -0.2) is 28.7 Å². The molecule has 148 valence electrons. The average molecular weight is 411 g/mol. The first-order valence-electron chi connectivity index (χ1n) is 9.09. The third-order valence-electron chi connectivity index (χ3n) is 4.69. The number of nitrogens with one attached hydrogen (secondary N) is 2. The number of ether oxygens (including phenoxy) is 1. The van der Waals surface area contributed by atoms with Gasteiger partial charge < -0.3 is 15.4 Å². The summed E-state index contributed by atoms with van der Waals surface area (Å²) in [6, 6.07) is 15.7. The number of benzene rings is 2. The highest BCUT2D eigenvalue weighted by atomic mass is 35.5. The van der Waals surface area contributed by atoms with E-state index in [-0.39, 0.29) is 24.8 Å². The van der Waals surface area contributed by atoms with Crippen LogP contribution in [0, 0.1) is 0 Å². The molecule has 8 heteroatoms. The average Bonchev–Trinajstić information content (AvgIpc) is 3.07. The molecule has 1 aliphatic heterocycles. The second-order valence-corrected chi connectivity index (χ2v) is 7.06. The van der Waals surface area contributed by atoms with E-state index >= 15 is 0 Å². The number of para-hydroxylation sites is 1. The number of nitrogens with zero attached hydrogens (tertiary/aromatic N) is 2. The number of methoxy groups -OCH3 is 1. The summed E-state index contributed by atoms with van der Waals surface area (Å²) in [7, 11) is 1.58. The van der Waals surface area contributed by atoms with Gasteiger partial charge in [-0.3, -0.25) is 9.59 Å². The predicted octanol–water partition coefficient (Wildman–Crippen LogP) is 3.87. The molecule has 0 saturated carbocycles. The summed E-state index contributed by atoms with van der Waals surface area (Å²) in [5.41, 5.74) is 2.76. The summed E-state index contributed by atoms with van der Waals surface area (Å²) in [6.45, 7) is 0.249.